The fourth-order valence-corrected chi connectivity index (χ4v) is 4.05. The van der Waals surface area contributed by atoms with Gasteiger partial charge in [0.25, 0.3) is 0 Å². The molecular weight excluding hydrogens is 270 g/mol. The van der Waals surface area contributed by atoms with Crippen molar-refractivity contribution >= 4 is 11.9 Å². The van der Waals surface area contributed by atoms with Crippen LogP contribution >= 0.6 is 0 Å². The van der Waals surface area contributed by atoms with E-state index in [0.29, 0.717) is 0 Å². The van der Waals surface area contributed by atoms with E-state index in [1.54, 1.807) is 0 Å². The summed E-state index contributed by atoms with van der Waals surface area (Å²) >= 11 is 0. The molecule has 5 nitrogen and oxygen atoms in total. The van der Waals surface area contributed by atoms with Crippen LogP contribution in [0.2, 0.25) is 0 Å². The number of nitrogens with zero attached hydrogens (tertiary/aromatic N) is 1. The summed E-state index contributed by atoms with van der Waals surface area (Å²) in [6.07, 6.45) is 1.50. The van der Waals surface area contributed by atoms with Gasteiger partial charge >= 0.3 is 18.2 Å². The van der Waals surface area contributed by atoms with Crippen LogP contribution in [0.1, 0.15) is 40.0 Å². The van der Waals surface area contributed by atoms with Gasteiger partial charge in [0.05, 0.1) is 17.3 Å². The Morgan fingerprint density at radius 2 is 2.19 bits per heavy atom. The van der Waals surface area contributed by atoms with Crippen LogP contribution in [0, 0.1) is 35.7 Å². The van der Waals surface area contributed by atoms with Crippen LogP contribution in [0.15, 0.2) is 0 Å². The summed E-state index contributed by atoms with van der Waals surface area (Å²) < 4.78 is 10.9. The summed E-state index contributed by atoms with van der Waals surface area (Å²) in [5.41, 5.74) is -0.484. The summed E-state index contributed by atoms with van der Waals surface area (Å²) in [7, 11) is 0. The molecule has 0 spiro atoms. The van der Waals surface area contributed by atoms with Crippen molar-refractivity contribution in [3.63, 3.8) is 0 Å². The summed E-state index contributed by atoms with van der Waals surface area (Å²) in [5.74, 6) is -0.334. The zero-order valence-electron chi connectivity index (χ0n) is 12.7. The lowest BCUT2D eigenvalue weighted by molar-refractivity contribution is -0.164. The van der Waals surface area contributed by atoms with Crippen LogP contribution in [-0.4, -0.2) is 24.3 Å². The molecule has 21 heavy (non-hydrogen) atoms. The number of carbonyl (C=O) groups is 2. The maximum atomic E-state index is 12.3. The molecule has 1 saturated heterocycles. The quantitative estimate of drug-likeness (QED) is 0.592. The van der Waals surface area contributed by atoms with Gasteiger partial charge in [0, 0.05) is 5.92 Å². The smallest absolute Gasteiger partial charge is 0.372 e. The van der Waals surface area contributed by atoms with Gasteiger partial charge in [-0.05, 0) is 39.0 Å². The van der Waals surface area contributed by atoms with Gasteiger partial charge in [-0.25, -0.2) is 6.57 Å². The highest BCUT2D eigenvalue weighted by atomic mass is 16.6. The number of hydrogen-bond acceptors (Lipinski definition) is 4. The Labute approximate surface area is 124 Å². The van der Waals surface area contributed by atoms with Crippen molar-refractivity contribution in [2.75, 3.05) is 0 Å². The van der Waals surface area contributed by atoms with Gasteiger partial charge in [-0.3, -0.25) is 14.4 Å². The number of esters is 2. The Kier molecular flexibility index (Phi) is 3.23. The van der Waals surface area contributed by atoms with Crippen molar-refractivity contribution in [1.82, 2.24) is 0 Å². The molecule has 6 atom stereocenters. The summed E-state index contributed by atoms with van der Waals surface area (Å²) in [5, 5.41) is 0. The third-order valence-corrected chi connectivity index (χ3v) is 5.66. The van der Waals surface area contributed by atoms with Crippen LogP contribution in [-0.2, 0) is 19.1 Å². The highest BCUT2D eigenvalue weighted by Gasteiger charge is 2.66. The third kappa shape index (κ3) is 2.04. The van der Waals surface area contributed by atoms with E-state index in [9.17, 15) is 9.59 Å². The molecule has 2 saturated carbocycles. The third-order valence-electron chi connectivity index (χ3n) is 5.66. The Morgan fingerprint density at radius 1 is 1.48 bits per heavy atom. The molecule has 2 aliphatic carbocycles. The van der Waals surface area contributed by atoms with E-state index in [-0.39, 0.29) is 41.7 Å². The number of fused-ring (bicyclic) bond motifs is 5. The maximum Gasteiger partial charge on any atom is 0.372 e. The molecule has 0 aromatic heterocycles. The maximum absolute atomic E-state index is 12.3. The average Bonchev–Trinajstić information content (AvgIpc) is 3.10. The number of rotatable bonds is 3. The second kappa shape index (κ2) is 4.72. The molecule has 0 aromatic carbocycles. The van der Waals surface area contributed by atoms with Crippen molar-refractivity contribution in [3.8, 4) is 0 Å². The van der Waals surface area contributed by atoms with E-state index in [1.807, 2.05) is 20.8 Å². The minimum Gasteiger partial charge on any atom is -0.462 e. The van der Waals surface area contributed by atoms with E-state index >= 15 is 0 Å². The highest BCUT2D eigenvalue weighted by molar-refractivity contribution is 5.78. The molecule has 1 aliphatic heterocycles. The molecule has 0 aromatic rings. The van der Waals surface area contributed by atoms with Gasteiger partial charge in [-0.15, -0.1) is 0 Å². The lowest BCUT2D eigenvalue weighted by Crippen LogP contribution is -2.39. The van der Waals surface area contributed by atoms with Gasteiger partial charge in [0.15, 0.2) is 0 Å². The van der Waals surface area contributed by atoms with Gasteiger partial charge in [0.1, 0.15) is 6.10 Å². The Bertz CT molecular complexity index is 521. The first-order valence-electron chi connectivity index (χ1n) is 7.67. The molecule has 3 rings (SSSR count). The zero-order valence-corrected chi connectivity index (χ0v) is 12.7. The largest absolute Gasteiger partial charge is 0.462 e. The molecular formula is C16H21NO4. The zero-order chi connectivity index (χ0) is 15.4. The second-order valence-electron chi connectivity index (χ2n) is 7.14. The number of cyclic esters (lactones) is 1. The molecule has 0 radical (unpaired) electrons. The first kappa shape index (κ1) is 14.4. The summed E-state index contributed by atoms with van der Waals surface area (Å²) in [4.78, 5) is 27.6. The summed E-state index contributed by atoms with van der Waals surface area (Å²) in [6.45, 7) is 12.9. The van der Waals surface area contributed by atoms with Crippen molar-refractivity contribution in [1.29, 1.82) is 0 Å². The topological polar surface area (TPSA) is 57.0 Å². The van der Waals surface area contributed by atoms with E-state index in [0.717, 1.165) is 19.3 Å². The number of carbonyl (C=O) groups excluding carboxylic acids is 2. The molecule has 6 unspecified atom stereocenters. The van der Waals surface area contributed by atoms with Gasteiger partial charge in [-0.2, -0.15) is 0 Å². The monoisotopic (exact) mass is 291 g/mol. The van der Waals surface area contributed by atoms with Crippen molar-refractivity contribution < 1.29 is 19.1 Å². The number of ether oxygens (including phenoxy) is 2. The van der Waals surface area contributed by atoms with Crippen LogP contribution in [0.25, 0.3) is 4.85 Å². The SMILES string of the molecule is [C-]#[N+]C1OC(=O)C2C3CC(OC(=O)C(C)(C)CC)C(C3)C12. The minimum absolute atomic E-state index is 0.0868. The predicted octanol–water partition coefficient (Wildman–Crippen LogP) is 2.41. The Balaban J connectivity index is 1.74. The molecule has 3 aliphatic rings. The van der Waals surface area contributed by atoms with Gasteiger partial charge < -0.3 is 9.47 Å². The summed E-state index contributed by atoms with van der Waals surface area (Å²) in [6, 6.07) is 0. The second-order valence-corrected chi connectivity index (χ2v) is 7.14. The standard InChI is InChI=1S/C16H21NO4/c1-5-16(2,3)15(19)20-10-7-8-6-9(10)12-11(8)14(18)21-13(12)17-4/h8-13H,5-7H2,1-3H3. The molecule has 2 bridgehead atoms. The first-order valence-corrected chi connectivity index (χ1v) is 7.67. The molecule has 0 amide bonds. The first-order chi connectivity index (χ1) is 9.89. The van der Waals surface area contributed by atoms with E-state index in [4.69, 9.17) is 16.0 Å². The van der Waals surface area contributed by atoms with Crippen LogP contribution in [0.5, 0.6) is 0 Å². The van der Waals surface area contributed by atoms with Gasteiger partial charge in [0.2, 0.25) is 0 Å². The minimum atomic E-state index is -0.682. The van der Waals surface area contributed by atoms with Crippen LogP contribution in [0.3, 0.4) is 0 Å². The number of hydrogen-bond donors (Lipinski definition) is 0. The van der Waals surface area contributed by atoms with Gasteiger partial charge in [-0.1, -0.05) is 6.92 Å². The molecule has 1 heterocycles. The predicted molar refractivity (Wildman–Crippen MR) is 73.6 cm³/mol. The van der Waals surface area contributed by atoms with E-state index in [2.05, 4.69) is 4.85 Å². The fourth-order valence-electron chi connectivity index (χ4n) is 4.05. The van der Waals surface area contributed by atoms with Crippen LogP contribution < -0.4 is 0 Å². The normalized spacial score (nSPS) is 40.6. The Morgan fingerprint density at radius 3 is 2.81 bits per heavy atom. The molecule has 5 heteroatoms. The lowest BCUT2D eigenvalue weighted by atomic mass is 9.78. The average molecular weight is 291 g/mol. The van der Waals surface area contributed by atoms with Crippen molar-refractivity contribution in [2.24, 2.45) is 29.1 Å². The highest BCUT2D eigenvalue weighted by Crippen LogP contribution is 2.58. The molecule has 3 fully saturated rings. The van der Waals surface area contributed by atoms with E-state index < -0.39 is 11.6 Å². The lowest BCUT2D eigenvalue weighted by Gasteiger charge is -2.31. The van der Waals surface area contributed by atoms with Crippen molar-refractivity contribution in [2.45, 2.75) is 52.4 Å². The Hall–Kier alpha value is -1.57. The molecule has 114 valence electrons. The van der Waals surface area contributed by atoms with Crippen LogP contribution in [0.4, 0.5) is 0 Å². The molecule has 0 N–H and O–H groups in total. The fraction of sp³-hybridized carbons (Fsp3) is 0.812. The van der Waals surface area contributed by atoms with Crippen molar-refractivity contribution in [3.05, 3.63) is 11.4 Å². The van der Waals surface area contributed by atoms with E-state index in [1.165, 1.54) is 0 Å².